The molecule has 0 spiro atoms. The van der Waals surface area contributed by atoms with Crippen LogP contribution < -0.4 is 0 Å². The quantitative estimate of drug-likeness (QED) is 0.737. The number of hydrogen-bond acceptors (Lipinski definition) is 0. The summed E-state index contributed by atoms with van der Waals surface area (Å²) in [7, 11) is 0. The van der Waals surface area contributed by atoms with E-state index in [1.807, 2.05) is 12.1 Å². The van der Waals surface area contributed by atoms with Crippen LogP contribution in [0.4, 0.5) is 0 Å². The van der Waals surface area contributed by atoms with Gasteiger partial charge in [0.1, 0.15) is 0 Å². The molecule has 0 saturated heterocycles. The molecule has 0 unspecified atom stereocenters. The number of nitrogens with one attached hydrogen (secondary N) is 1. The number of rotatable bonds is 1. The Hall–Kier alpha value is -0.470. The Kier molecular flexibility index (Phi) is 2.11. The number of H-pyrrole nitrogens is 1. The van der Waals surface area contributed by atoms with E-state index in [1.54, 1.807) is 0 Å². The summed E-state index contributed by atoms with van der Waals surface area (Å²) in [5, 5.41) is 1.19. The second-order valence-electron chi connectivity index (χ2n) is 2.63. The zero-order valence-corrected chi connectivity index (χ0v) is 8.61. The molecule has 2 aromatic rings. The van der Waals surface area contributed by atoms with E-state index >= 15 is 0 Å². The van der Waals surface area contributed by atoms with Crippen molar-refractivity contribution in [1.82, 2.24) is 4.98 Å². The van der Waals surface area contributed by atoms with Gasteiger partial charge in [0.05, 0.1) is 11.4 Å². The normalized spacial score (nSPS) is 10.8. The lowest BCUT2D eigenvalue weighted by Gasteiger charge is -1.91. The van der Waals surface area contributed by atoms with Gasteiger partial charge in [0.15, 0.2) is 0 Å². The Morgan fingerprint density at radius 3 is 2.92 bits per heavy atom. The second kappa shape index (κ2) is 3.11. The molecule has 0 aliphatic heterocycles. The van der Waals surface area contributed by atoms with Crippen molar-refractivity contribution in [2.45, 2.75) is 5.88 Å². The van der Waals surface area contributed by atoms with Gasteiger partial charge in [-0.05, 0) is 28.1 Å². The summed E-state index contributed by atoms with van der Waals surface area (Å²) in [5.74, 6) is 0.529. The standard InChI is InChI=1S/C9H7BrClN/c10-8-3-1-2-6-4-7(5-11)12-9(6)8/h1-4,12H,5H2. The van der Waals surface area contributed by atoms with Gasteiger partial charge in [-0.1, -0.05) is 12.1 Å². The summed E-state index contributed by atoms with van der Waals surface area (Å²) in [6, 6.07) is 8.15. The Bertz CT molecular complexity index is 408. The highest BCUT2D eigenvalue weighted by Crippen LogP contribution is 2.24. The van der Waals surface area contributed by atoms with Crippen LogP contribution in [0.3, 0.4) is 0 Å². The predicted octanol–water partition coefficient (Wildman–Crippen LogP) is 3.67. The molecule has 1 N–H and O–H groups in total. The molecule has 0 radical (unpaired) electrons. The summed E-state index contributed by atoms with van der Waals surface area (Å²) in [4.78, 5) is 3.23. The number of aromatic amines is 1. The van der Waals surface area contributed by atoms with Crippen LogP contribution in [0.5, 0.6) is 0 Å². The Morgan fingerprint density at radius 1 is 1.42 bits per heavy atom. The van der Waals surface area contributed by atoms with Crippen LogP contribution >= 0.6 is 27.5 Å². The molecule has 0 saturated carbocycles. The van der Waals surface area contributed by atoms with Crippen molar-refractivity contribution >= 4 is 38.4 Å². The van der Waals surface area contributed by atoms with Crippen molar-refractivity contribution in [3.8, 4) is 0 Å². The van der Waals surface area contributed by atoms with Crippen molar-refractivity contribution in [2.75, 3.05) is 0 Å². The van der Waals surface area contributed by atoms with E-state index in [-0.39, 0.29) is 0 Å². The number of benzene rings is 1. The van der Waals surface area contributed by atoms with Crippen LogP contribution in [-0.4, -0.2) is 4.98 Å². The van der Waals surface area contributed by atoms with Crippen molar-refractivity contribution < 1.29 is 0 Å². The van der Waals surface area contributed by atoms with E-state index in [0.29, 0.717) is 5.88 Å². The molecule has 0 amide bonds. The molecule has 1 aromatic carbocycles. The molecule has 0 aliphatic carbocycles. The first-order valence-electron chi connectivity index (χ1n) is 3.63. The summed E-state index contributed by atoms with van der Waals surface area (Å²) in [6.45, 7) is 0. The molecular weight excluding hydrogens is 237 g/mol. The molecule has 62 valence electrons. The highest BCUT2D eigenvalue weighted by Gasteiger charge is 2.01. The Balaban J connectivity index is 2.74. The summed E-state index contributed by atoms with van der Waals surface area (Å²) in [5.41, 5.74) is 2.17. The van der Waals surface area contributed by atoms with Crippen molar-refractivity contribution in [2.24, 2.45) is 0 Å². The summed E-state index contributed by atoms with van der Waals surface area (Å²) >= 11 is 9.17. The average Bonchev–Trinajstić information content (AvgIpc) is 2.49. The third kappa shape index (κ3) is 1.25. The number of para-hydroxylation sites is 1. The molecular formula is C9H7BrClN. The van der Waals surface area contributed by atoms with Crippen molar-refractivity contribution in [3.63, 3.8) is 0 Å². The molecule has 1 aromatic heterocycles. The first-order valence-corrected chi connectivity index (χ1v) is 4.96. The van der Waals surface area contributed by atoms with Gasteiger partial charge in [0.25, 0.3) is 0 Å². The van der Waals surface area contributed by atoms with E-state index < -0.39 is 0 Å². The number of fused-ring (bicyclic) bond motifs is 1. The first kappa shape index (κ1) is 8.14. The lowest BCUT2D eigenvalue weighted by molar-refractivity contribution is 1.25. The van der Waals surface area contributed by atoms with E-state index in [9.17, 15) is 0 Å². The van der Waals surface area contributed by atoms with Gasteiger partial charge in [-0.25, -0.2) is 0 Å². The van der Waals surface area contributed by atoms with Crippen molar-refractivity contribution in [1.29, 1.82) is 0 Å². The van der Waals surface area contributed by atoms with Gasteiger partial charge in [-0.3, -0.25) is 0 Å². The maximum absolute atomic E-state index is 5.70. The fourth-order valence-corrected chi connectivity index (χ4v) is 1.87. The smallest absolute Gasteiger partial charge is 0.0625 e. The van der Waals surface area contributed by atoms with Gasteiger partial charge < -0.3 is 4.98 Å². The van der Waals surface area contributed by atoms with Crippen LogP contribution in [0.1, 0.15) is 5.69 Å². The van der Waals surface area contributed by atoms with Gasteiger partial charge in [-0.15, -0.1) is 11.6 Å². The highest BCUT2D eigenvalue weighted by molar-refractivity contribution is 9.10. The minimum absolute atomic E-state index is 0.529. The van der Waals surface area contributed by atoms with E-state index in [1.165, 1.54) is 5.39 Å². The van der Waals surface area contributed by atoms with E-state index in [4.69, 9.17) is 11.6 Å². The number of halogens is 2. The zero-order chi connectivity index (χ0) is 8.55. The van der Waals surface area contributed by atoms with Gasteiger partial charge in [-0.2, -0.15) is 0 Å². The van der Waals surface area contributed by atoms with Crippen LogP contribution in [-0.2, 0) is 5.88 Å². The largest absolute Gasteiger partial charge is 0.356 e. The lowest BCUT2D eigenvalue weighted by atomic mass is 10.2. The van der Waals surface area contributed by atoms with E-state index in [2.05, 4.69) is 33.0 Å². The third-order valence-electron chi connectivity index (χ3n) is 1.81. The second-order valence-corrected chi connectivity index (χ2v) is 3.75. The molecule has 0 atom stereocenters. The number of alkyl halides is 1. The zero-order valence-electron chi connectivity index (χ0n) is 6.27. The fraction of sp³-hybridized carbons (Fsp3) is 0.111. The minimum Gasteiger partial charge on any atom is -0.356 e. The topological polar surface area (TPSA) is 15.8 Å². The first-order chi connectivity index (χ1) is 5.81. The molecule has 12 heavy (non-hydrogen) atoms. The Morgan fingerprint density at radius 2 is 2.25 bits per heavy atom. The maximum atomic E-state index is 5.70. The minimum atomic E-state index is 0.529. The average molecular weight is 245 g/mol. The molecule has 1 heterocycles. The molecule has 3 heteroatoms. The maximum Gasteiger partial charge on any atom is 0.0625 e. The monoisotopic (exact) mass is 243 g/mol. The van der Waals surface area contributed by atoms with Gasteiger partial charge in [0, 0.05) is 15.6 Å². The Labute approximate surface area is 83.9 Å². The SMILES string of the molecule is ClCc1cc2cccc(Br)c2[nH]1. The predicted molar refractivity (Wildman–Crippen MR) is 55.6 cm³/mol. The van der Waals surface area contributed by atoms with Crippen LogP contribution in [0, 0.1) is 0 Å². The van der Waals surface area contributed by atoms with Gasteiger partial charge >= 0.3 is 0 Å². The molecule has 0 bridgehead atoms. The molecule has 0 fully saturated rings. The van der Waals surface area contributed by atoms with Gasteiger partial charge in [0.2, 0.25) is 0 Å². The molecule has 1 nitrogen and oxygen atoms in total. The lowest BCUT2D eigenvalue weighted by Crippen LogP contribution is -1.73. The van der Waals surface area contributed by atoms with Crippen LogP contribution in [0.2, 0.25) is 0 Å². The molecule has 0 aliphatic rings. The molecule has 2 rings (SSSR count). The fourth-order valence-electron chi connectivity index (χ4n) is 1.25. The van der Waals surface area contributed by atoms with E-state index in [0.717, 1.165) is 15.7 Å². The summed E-state index contributed by atoms with van der Waals surface area (Å²) < 4.78 is 1.08. The van der Waals surface area contributed by atoms with Crippen LogP contribution in [0.15, 0.2) is 28.7 Å². The number of aromatic nitrogens is 1. The summed E-state index contributed by atoms with van der Waals surface area (Å²) in [6.07, 6.45) is 0. The highest BCUT2D eigenvalue weighted by atomic mass is 79.9. The van der Waals surface area contributed by atoms with Crippen molar-refractivity contribution in [3.05, 3.63) is 34.4 Å². The van der Waals surface area contributed by atoms with Crippen LogP contribution in [0.25, 0.3) is 10.9 Å². The third-order valence-corrected chi connectivity index (χ3v) is 2.75. The number of hydrogen-bond donors (Lipinski definition) is 1.